The van der Waals surface area contributed by atoms with Crippen LogP contribution >= 0.6 is 11.8 Å². The molecule has 2 rings (SSSR count). The monoisotopic (exact) mass is 286 g/mol. The van der Waals surface area contributed by atoms with Gasteiger partial charge in [-0.1, -0.05) is 20.3 Å². The van der Waals surface area contributed by atoms with Crippen molar-refractivity contribution in [3.8, 4) is 0 Å². The Kier molecular flexibility index (Phi) is 4.28. The predicted octanol–water partition coefficient (Wildman–Crippen LogP) is 2.12. The van der Waals surface area contributed by atoms with Gasteiger partial charge in [-0.2, -0.15) is 0 Å². The molecule has 1 heterocycles. The van der Waals surface area contributed by atoms with Crippen molar-refractivity contribution in [3.63, 3.8) is 0 Å². The number of carbonyl (C=O) groups is 2. The Morgan fingerprint density at radius 1 is 1.42 bits per heavy atom. The molecule has 0 aromatic carbocycles. The molecule has 0 radical (unpaired) electrons. The summed E-state index contributed by atoms with van der Waals surface area (Å²) in [6, 6.07) is -0.724. The number of amides is 2. The molecule has 2 aliphatic rings. The number of thioether (sulfide) groups is 1. The van der Waals surface area contributed by atoms with Gasteiger partial charge in [-0.15, -0.1) is 11.8 Å². The van der Waals surface area contributed by atoms with Crippen LogP contribution in [0, 0.1) is 5.41 Å². The largest absolute Gasteiger partial charge is 0.480 e. The Labute approximate surface area is 118 Å². The summed E-state index contributed by atoms with van der Waals surface area (Å²) in [5.41, 5.74) is 0.266. The van der Waals surface area contributed by atoms with Gasteiger partial charge in [0.2, 0.25) is 0 Å². The molecule has 6 heteroatoms. The molecule has 0 aromatic heterocycles. The minimum absolute atomic E-state index is 0.177. The van der Waals surface area contributed by atoms with Crippen LogP contribution in [0.15, 0.2) is 0 Å². The predicted molar refractivity (Wildman–Crippen MR) is 75.2 cm³/mol. The van der Waals surface area contributed by atoms with Crippen LogP contribution in [0.1, 0.15) is 39.5 Å². The smallest absolute Gasteiger partial charge is 0.327 e. The van der Waals surface area contributed by atoms with E-state index in [1.165, 1.54) is 23.1 Å². The lowest BCUT2D eigenvalue weighted by molar-refractivity contribution is -0.140. The summed E-state index contributed by atoms with van der Waals surface area (Å²) >= 11 is 1.49. The standard InChI is InChI=1S/C13H22N2O3S/c1-13(2)5-3-4-9(6-13)14-12(18)15-8-19-7-10(15)11(16)17/h9-10H,3-8H2,1-2H3,(H,14,18)(H,16,17)/t9?,10-/m0/s1. The van der Waals surface area contributed by atoms with Crippen LogP contribution in [0.2, 0.25) is 0 Å². The van der Waals surface area contributed by atoms with Gasteiger partial charge in [-0.25, -0.2) is 9.59 Å². The van der Waals surface area contributed by atoms with E-state index >= 15 is 0 Å². The fourth-order valence-corrected chi connectivity index (χ4v) is 4.07. The van der Waals surface area contributed by atoms with Gasteiger partial charge in [0.25, 0.3) is 0 Å². The molecule has 2 fully saturated rings. The first-order valence-corrected chi connectivity index (χ1v) is 7.92. The molecule has 5 nitrogen and oxygen atoms in total. The van der Waals surface area contributed by atoms with E-state index in [2.05, 4.69) is 19.2 Å². The molecule has 2 N–H and O–H groups in total. The number of nitrogens with zero attached hydrogens (tertiary/aromatic N) is 1. The lowest BCUT2D eigenvalue weighted by atomic mass is 9.75. The molecule has 19 heavy (non-hydrogen) atoms. The third kappa shape index (κ3) is 3.55. The maximum atomic E-state index is 12.2. The first kappa shape index (κ1) is 14.5. The summed E-state index contributed by atoms with van der Waals surface area (Å²) in [4.78, 5) is 24.7. The van der Waals surface area contributed by atoms with Crippen molar-refractivity contribution in [1.82, 2.24) is 10.2 Å². The highest BCUT2D eigenvalue weighted by Crippen LogP contribution is 2.35. The number of carboxylic acid groups (broad SMARTS) is 1. The summed E-state index contributed by atoms with van der Waals surface area (Å²) in [5, 5.41) is 12.1. The quantitative estimate of drug-likeness (QED) is 0.816. The van der Waals surface area contributed by atoms with Crippen LogP contribution in [0.25, 0.3) is 0 Å². The Bertz CT molecular complexity index is 373. The molecule has 2 amide bonds. The number of rotatable bonds is 2. The van der Waals surface area contributed by atoms with E-state index in [0.717, 1.165) is 19.3 Å². The second-order valence-electron chi connectivity index (χ2n) is 6.23. The molecule has 1 saturated heterocycles. The summed E-state index contributed by atoms with van der Waals surface area (Å²) in [6.45, 7) is 4.44. The number of hydrogen-bond acceptors (Lipinski definition) is 3. The minimum atomic E-state index is -0.913. The van der Waals surface area contributed by atoms with Crippen molar-refractivity contribution >= 4 is 23.8 Å². The average Bonchev–Trinajstić information content (AvgIpc) is 2.76. The van der Waals surface area contributed by atoms with E-state index in [1.807, 2.05) is 0 Å². The second kappa shape index (κ2) is 5.61. The van der Waals surface area contributed by atoms with Crippen molar-refractivity contribution in [3.05, 3.63) is 0 Å². The zero-order valence-electron chi connectivity index (χ0n) is 11.5. The highest BCUT2D eigenvalue weighted by Gasteiger charge is 2.36. The Balaban J connectivity index is 1.92. The van der Waals surface area contributed by atoms with E-state index < -0.39 is 12.0 Å². The normalized spacial score (nSPS) is 30.1. The second-order valence-corrected chi connectivity index (χ2v) is 7.23. The number of carbonyl (C=O) groups excluding carboxylic acids is 1. The maximum Gasteiger partial charge on any atom is 0.327 e. The highest BCUT2D eigenvalue weighted by atomic mass is 32.2. The zero-order chi connectivity index (χ0) is 14.0. The summed E-state index contributed by atoms with van der Waals surface area (Å²) in [5.74, 6) is 0.0433. The van der Waals surface area contributed by atoms with E-state index in [1.54, 1.807) is 0 Å². The summed E-state index contributed by atoms with van der Waals surface area (Å²) in [6.07, 6.45) is 4.27. The fourth-order valence-electron chi connectivity index (χ4n) is 2.93. The van der Waals surface area contributed by atoms with E-state index in [9.17, 15) is 9.59 Å². The Morgan fingerprint density at radius 2 is 2.16 bits per heavy atom. The van der Waals surface area contributed by atoms with Crippen LogP contribution in [0.4, 0.5) is 4.79 Å². The van der Waals surface area contributed by atoms with Crippen molar-refractivity contribution in [2.24, 2.45) is 5.41 Å². The van der Waals surface area contributed by atoms with Gasteiger partial charge in [-0.05, 0) is 24.7 Å². The van der Waals surface area contributed by atoms with Gasteiger partial charge in [0.15, 0.2) is 0 Å². The lowest BCUT2D eigenvalue weighted by Crippen LogP contribution is -2.51. The number of nitrogens with one attached hydrogen (secondary N) is 1. The van der Waals surface area contributed by atoms with Crippen LogP contribution in [0.3, 0.4) is 0 Å². The van der Waals surface area contributed by atoms with E-state index in [4.69, 9.17) is 5.11 Å². The van der Waals surface area contributed by atoms with Gasteiger partial charge < -0.3 is 15.3 Å². The molecule has 1 aliphatic heterocycles. The van der Waals surface area contributed by atoms with Crippen LogP contribution in [0.5, 0.6) is 0 Å². The molecule has 108 valence electrons. The SMILES string of the molecule is CC1(C)CCCC(NC(=O)N2CSC[C@H]2C(=O)O)C1. The lowest BCUT2D eigenvalue weighted by Gasteiger charge is -2.36. The van der Waals surface area contributed by atoms with Gasteiger partial charge in [0.05, 0.1) is 5.88 Å². The first-order valence-electron chi connectivity index (χ1n) is 6.77. The highest BCUT2D eigenvalue weighted by molar-refractivity contribution is 7.99. The van der Waals surface area contributed by atoms with Crippen LogP contribution in [-0.4, -0.2) is 45.7 Å². The van der Waals surface area contributed by atoms with Gasteiger partial charge in [0, 0.05) is 11.8 Å². The van der Waals surface area contributed by atoms with Crippen LogP contribution in [-0.2, 0) is 4.79 Å². The number of hydrogen-bond donors (Lipinski definition) is 2. The molecule has 0 bridgehead atoms. The molecule has 0 spiro atoms. The molecule has 1 unspecified atom stereocenters. The third-order valence-electron chi connectivity index (χ3n) is 3.96. The van der Waals surface area contributed by atoms with Crippen LogP contribution < -0.4 is 5.32 Å². The van der Waals surface area contributed by atoms with Crippen molar-refractivity contribution in [1.29, 1.82) is 0 Å². The minimum Gasteiger partial charge on any atom is -0.480 e. The van der Waals surface area contributed by atoms with Crippen molar-refractivity contribution in [2.45, 2.75) is 51.6 Å². The average molecular weight is 286 g/mol. The molecule has 1 aliphatic carbocycles. The van der Waals surface area contributed by atoms with Gasteiger partial charge in [0.1, 0.15) is 6.04 Å². The molecular weight excluding hydrogens is 264 g/mol. The van der Waals surface area contributed by atoms with E-state index in [-0.39, 0.29) is 17.5 Å². The first-order chi connectivity index (χ1) is 8.89. The van der Waals surface area contributed by atoms with Crippen molar-refractivity contribution < 1.29 is 14.7 Å². The third-order valence-corrected chi connectivity index (χ3v) is 4.97. The van der Waals surface area contributed by atoms with Gasteiger partial charge in [-0.3, -0.25) is 0 Å². The summed E-state index contributed by atoms with van der Waals surface area (Å²) < 4.78 is 0. The maximum absolute atomic E-state index is 12.2. The Hall–Kier alpha value is -0.910. The zero-order valence-corrected chi connectivity index (χ0v) is 12.3. The van der Waals surface area contributed by atoms with Gasteiger partial charge >= 0.3 is 12.0 Å². The topological polar surface area (TPSA) is 69.6 Å². The molecule has 0 aromatic rings. The fraction of sp³-hybridized carbons (Fsp3) is 0.846. The molecule has 2 atom stereocenters. The number of urea groups is 1. The number of aliphatic carboxylic acids is 1. The van der Waals surface area contributed by atoms with E-state index in [0.29, 0.717) is 11.6 Å². The molecule has 1 saturated carbocycles. The number of carboxylic acids is 1. The summed E-state index contributed by atoms with van der Waals surface area (Å²) in [7, 11) is 0. The molecular formula is C13H22N2O3S. The van der Waals surface area contributed by atoms with Crippen molar-refractivity contribution in [2.75, 3.05) is 11.6 Å². The Morgan fingerprint density at radius 3 is 2.79 bits per heavy atom.